The van der Waals surface area contributed by atoms with Crippen LogP contribution in [0.25, 0.3) is 11.0 Å². The molecule has 3 aromatic rings. The Bertz CT molecular complexity index is 982. The average molecular weight is 340 g/mol. The van der Waals surface area contributed by atoms with Crippen LogP contribution in [0.2, 0.25) is 0 Å². The van der Waals surface area contributed by atoms with Crippen LogP contribution in [0.1, 0.15) is 12.5 Å². The number of fused-ring (bicyclic) bond motifs is 1. The molecule has 0 fully saturated rings. The van der Waals surface area contributed by atoms with Crippen molar-refractivity contribution in [2.24, 2.45) is 0 Å². The van der Waals surface area contributed by atoms with Crippen LogP contribution >= 0.6 is 0 Å². The molecule has 0 aliphatic rings. The SMILES string of the molecule is CCNc1c(NC(=O)Cc2cccc(F)c2)c(=O)oc2ccccc12. The lowest BCUT2D eigenvalue weighted by molar-refractivity contribution is -0.115. The number of nitrogens with one attached hydrogen (secondary N) is 2. The van der Waals surface area contributed by atoms with Gasteiger partial charge in [-0.05, 0) is 36.8 Å². The van der Waals surface area contributed by atoms with Crippen molar-refractivity contribution in [1.82, 2.24) is 0 Å². The number of hydrogen-bond donors (Lipinski definition) is 2. The van der Waals surface area contributed by atoms with E-state index in [2.05, 4.69) is 10.6 Å². The third-order valence-electron chi connectivity index (χ3n) is 3.68. The highest BCUT2D eigenvalue weighted by atomic mass is 19.1. The Morgan fingerprint density at radius 1 is 1.12 bits per heavy atom. The number of anilines is 2. The highest BCUT2D eigenvalue weighted by molar-refractivity contribution is 6.02. The van der Waals surface area contributed by atoms with Crippen molar-refractivity contribution in [3.05, 3.63) is 70.3 Å². The van der Waals surface area contributed by atoms with Crippen LogP contribution in [0.5, 0.6) is 0 Å². The molecular formula is C19H17FN2O3. The van der Waals surface area contributed by atoms with Crippen molar-refractivity contribution < 1.29 is 13.6 Å². The van der Waals surface area contributed by atoms with Crippen LogP contribution < -0.4 is 16.3 Å². The van der Waals surface area contributed by atoms with Crippen molar-refractivity contribution in [3.8, 4) is 0 Å². The quantitative estimate of drug-likeness (QED) is 0.697. The molecule has 1 aromatic heterocycles. The summed E-state index contributed by atoms with van der Waals surface area (Å²) in [7, 11) is 0. The van der Waals surface area contributed by atoms with Gasteiger partial charge in [0.25, 0.3) is 0 Å². The Balaban J connectivity index is 1.94. The smallest absolute Gasteiger partial charge is 0.362 e. The van der Waals surface area contributed by atoms with E-state index in [9.17, 15) is 14.0 Å². The van der Waals surface area contributed by atoms with Crippen molar-refractivity contribution in [1.29, 1.82) is 0 Å². The molecule has 1 heterocycles. The van der Waals surface area contributed by atoms with Gasteiger partial charge >= 0.3 is 5.63 Å². The zero-order valence-electron chi connectivity index (χ0n) is 13.6. The molecule has 0 unspecified atom stereocenters. The number of rotatable bonds is 5. The summed E-state index contributed by atoms with van der Waals surface area (Å²) in [6.45, 7) is 2.46. The summed E-state index contributed by atoms with van der Waals surface area (Å²) in [5.41, 5.74) is 0.894. The number of hydrogen-bond acceptors (Lipinski definition) is 4. The highest BCUT2D eigenvalue weighted by Crippen LogP contribution is 2.28. The molecule has 128 valence electrons. The van der Waals surface area contributed by atoms with Crippen molar-refractivity contribution in [2.45, 2.75) is 13.3 Å². The normalized spacial score (nSPS) is 10.6. The van der Waals surface area contributed by atoms with Gasteiger partial charge in [0.05, 0.1) is 12.1 Å². The maximum absolute atomic E-state index is 13.2. The maximum Gasteiger partial charge on any atom is 0.362 e. The number of carbonyl (C=O) groups excluding carboxylic acids is 1. The van der Waals surface area contributed by atoms with Crippen molar-refractivity contribution in [3.63, 3.8) is 0 Å². The van der Waals surface area contributed by atoms with E-state index in [1.54, 1.807) is 24.3 Å². The molecule has 25 heavy (non-hydrogen) atoms. The van der Waals surface area contributed by atoms with E-state index in [1.807, 2.05) is 13.0 Å². The zero-order chi connectivity index (χ0) is 17.8. The fourth-order valence-corrected chi connectivity index (χ4v) is 2.64. The molecule has 0 spiro atoms. The minimum absolute atomic E-state index is 0.0460. The maximum atomic E-state index is 13.2. The van der Waals surface area contributed by atoms with Crippen LogP contribution in [0.15, 0.2) is 57.7 Å². The molecule has 3 rings (SSSR count). The van der Waals surface area contributed by atoms with Crippen LogP contribution in [0.3, 0.4) is 0 Å². The summed E-state index contributed by atoms with van der Waals surface area (Å²) in [6.07, 6.45) is -0.0460. The number of amides is 1. The molecule has 0 atom stereocenters. The number of benzene rings is 2. The topological polar surface area (TPSA) is 71.3 Å². The van der Waals surface area contributed by atoms with Gasteiger partial charge in [-0.1, -0.05) is 24.3 Å². The van der Waals surface area contributed by atoms with Crippen LogP contribution in [-0.4, -0.2) is 12.5 Å². The van der Waals surface area contributed by atoms with E-state index in [0.29, 0.717) is 28.8 Å². The summed E-state index contributed by atoms with van der Waals surface area (Å²) >= 11 is 0. The van der Waals surface area contributed by atoms with Gasteiger partial charge in [0, 0.05) is 11.9 Å². The minimum Gasteiger partial charge on any atom is -0.421 e. The van der Waals surface area contributed by atoms with Gasteiger partial charge in [-0.2, -0.15) is 0 Å². The van der Waals surface area contributed by atoms with Gasteiger partial charge in [0.1, 0.15) is 11.4 Å². The van der Waals surface area contributed by atoms with Crippen molar-refractivity contribution in [2.75, 3.05) is 17.2 Å². The number of halogens is 1. The standard InChI is InChI=1S/C19H17FN2O3/c1-2-21-17-14-8-3-4-9-15(14)25-19(24)18(17)22-16(23)11-12-6-5-7-13(20)10-12/h3-10,21H,2,11H2,1H3,(H,22,23). The monoisotopic (exact) mass is 340 g/mol. The van der Waals surface area contributed by atoms with Gasteiger partial charge in [-0.25, -0.2) is 9.18 Å². The van der Waals surface area contributed by atoms with Gasteiger partial charge in [0.2, 0.25) is 5.91 Å². The average Bonchev–Trinajstić information content (AvgIpc) is 2.58. The first kappa shape index (κ1) is 16.7. The Morgan fingerprint density at radius 2 is 1.92 bits per heavy atom. The Kier molecular flexibility index (Phi) is 4.79. The molecule has 5 nitrogen and oxygen atoms in total. The number of carbonyl (C=O) groups is 1. The highest BCUT2D eigenvalue weighted by Gasteiger charge is 2.16. The molecule has 0 aliphatic heterocycles. The van der Waals surface area contributed by atoms with E-state index in [-0.39, 0.29) is 12.1 Å². The van der Waals surface area contributed by atoms with Crippen LogP contribution in [0, 0.1) is 5.82 Å². The molecule has 2 N–H and O–H groups in total. The summed E-state index contributed by atoms with van der Waals surface area (Å²) in [6, 6.07) is 12.9. The van der Waals surface area contributed by atoms with Crippen molar-refractivity contribution >= 4 is 28.3 Å². The molecule has 0 aliphatic carbocycles. The van der Waals surface area contributed by atoms with E-state index < -0.39 is 17.3 Å². The molecule has 0 radical (unpaired) electrons. The van der Waals surface area contributed by atoms with E-state index in [0.717, 1.165) is 0 Å². The van der Waals surface area contributed by atoms with Gasteiger partial charge in [-0.15, -0.1) is 0 Å². The zero-order valence-corrected chi connectivity index (χ0v) is 13.6. The van der Waals surface area contributed by atoms with E-state index in [4.69, 9.17) is 4.42 Å². The Hall–Kier alpha value is -3.15. The first-order valence-corrected chi connectivity index (χ1v) is 7.92. The van der Waals surface area contributed by atoms with E-state index in [1.165, 1.54) is 18.2 Å². The lowest BCUT2D eigenvalue weighted by Gasteiger charge is -2.13. The largest absolute Gasteiger partial charge is 0.421 e. The Morgan fingerprint density at radius 3 is 2.68 bits per heavy atom. The fourth-order valence-electron chi connectivity index (χ4n) is 2.64. The predicted octanol–water partition coefficient (Wildman–Crippen LogP) is 3.55. The number of para-hydroxylation sites is 1. The molecule has 6 heteroatoms. The molecular weight excluding hydrogens is 323 g/mol. The Labute approximate surface area is 143 Å². The lowest BCUT2D eigenvalue weighted by atomic mass is 10.1. The van der Waals surface area contributed by atoms with Crippen LogP contribution in [-0.2, 0) is 11.2 Å². The second-order valence-electron chi connectivity index (χ2n) is 5.52. The molecule has 0 bridgehead atoms. The predicted molar refractivity (Wildman–Crippen MR) is 95.4 cm³/mol. The minimum atomic E-state index is -0.637. The van der Waals surface area contributed by atoms with Gasteiger partial charge < -0.3 is 15.1 Å². The summed E-state index contributed by atoms with van der Waals surface area (Å²) < 4.78 is 18.5. The summed E-state index contributed by atoms with van der Waals surface area (Å²) in [5, 5.41) is 6.40. The molecule has 1 amide bonds. The first-order chi connectivity index (χ1) is 12.1. The third-order valence-corrected chi connectivity index (χ3v) is 3.68. The molecule has 0 saturated heterocycles. The molecule has 0 saturated carbocycles. The second-order valence-corrected chi connectivity index (χ2v) is 5.52. The first-order valence-electron chi connectivity index (χ1n) is 7.92. The third kappa shape index (κ3) is 3.68. The second kappa shape index (κ2) is 7.17. The molecule has 2 aromatic carbocycles. The van der Waals surface area contributed by atoms with Crippen LogP contribution in [0.4, 0.5) is 15.8 Å². The van der Waals surface area contributed by atoms with E-state index >= 15 is 0 Å². The fraction of sp³-hybridized carbons (Fsp3) is 0.158. The van der Waals surface area contributed by atoms with Gasteiger partial charge in [-0.3, -0.25) is 4.79 Å². The summed E-state index contributed by atoms with van der Waals surface area (Å²) in [4.78, 5) is 24.6. The lowest BCUT2D eigenvalue weighted by Crippen LogP contribution is -2.21. The van der Waals surface area contributed by atoms with Gasteiger partial charge in [0.15, 0.2) is 5.69 Å². The summed E-state index contributed by atoms with van der Waals surface area (Å²) in [5.74, 6) is -0.837.